The molecule has 156 valence electrons. The summed E-state index contributed by atoms with van der Waals surface area (Å²) in [6.07, 6.45) is 2.58. The lowest BCUT2D eigenvalue weighted by atomic mass is 10.1. The molecule has 0 bridgehead atoms. The Hall–Kier alpha value is -3.35. The van der Waals surface area contributed by atoms with Crippen molar-refractivity contribution >= 4 is 6.09 Å². The first-order chi connectivity index (χ1) is 14.7. The lowest BCUT2D eigenvalue weighted by molar-refractivity contribution is 0.0818. The van der Waals surface area contributed by atoms with E-state index in [1.54, 1.807) is 9.58 Å². The maximum Gasteiger partial charge on any atom is 0.410 e. The summed E-state index contributed by atoms with van der Waals surface area (Å²) in [5.74, 6) is 0.702. The molecule has 1 N–H and O–H groups in total. The number of carbonyl (C=O) groups is 1. The van der Waals surface area contributed by atoms with Crippen molar-refractivity contribution in [2.24, 2.45) is 0 Å². The van der Waals surface area contributed by atoms with Crippen LogP contribution in [-0.4, -0.2) is 38.8 Å². The Balaban J connectivity index is 1.28. The molecule has 1 aliphatic rings. The minimum absolute atomic E-state index is 0.00241. The van der Waals surface area contributed by atoms with Gasteiger partial charge in [-0.05, 0) is 30.4 Å². The number of hydrogen-bond acceptors (Lipinski definition) is 4. The first-order valence-electron chi connectivity index (χ1n) is 10.4. The molecule has 30 heavy (non-hydrogen) atoms. The van der Waals surface area contributed by atoms with Crippen LogP contribution in [0.15, 0.2) is 65.5 Å². The van der Waals surface area contributed by atoms with E-state index in [1.807, 2.05) is 48.5 Å². The predicted octanol–water partition coefficient (Wildman–Crippen LogP) is 3.33. The second kappa shape index (κ2) is 9.43. The fourth-order valence-electron chi connectivity index (χ4n) is 3.75. The van der Waals surface area contributed by atoms with Crippen LogP contribution in [0.4, 0.5) is 4.79 Å². The second-order valence-corrected chi connectivity index (χ2v) is 7.57. The van der Waals surface area contributed by atoms with Gasteiger partial charge < -0.3 is 9.64 Å². The van der Waals surface area contributed by atoms with Crippen molar-refractivity contribution in [1.82, 2.24) is 19.7 Å². The van der Waals surface area contributed by atoms with Gasteiger partial charge in [-0.1, -0.05) is 60.7 Å². The van der Waals surface area contributed by atoms with Crippen LogP contribution in [0, 0.1) is 0 Å². The van der Waals surface area contributed by atoms with E-state index in [1.165, 1.54) is 5.56 Å². The van der Waals surface area contributed by atoms with E-state index in [0.717, 1.165) is 12.0 Å². The number of hydrogen-bond donors (Lipinski definition) is 1. The molecule has 7 nitrogen and oxygen atoms in total. The van der Waals surface area contributed by atoms with Crippen LogP contribution in [0.25, 0.3) is 0 Å². The number of piperidine rings is 1. The van der Waals surface area contributed by atoms with Crippen molar-refractivity contribution in [3.05, 3.63) is 88.1 Å². The number of carbonyl (C=O) groups excluding carboxylic acids is 1. The monoisotopic (exact) mass is 406 g/mol. The molecule has 0 atom stereocenters. The molecule has 1 saturated heterocycles. The van der Waals surface area contributed by atoms with E-state index in [-0.39, 0.29) is 24.4 Å². The first kappa shape index (κ1) is 19.9. The van der Waals surface area contributed by atoms with Gasteiger partial charge in [0.25, 0.3) is 0 Å². The number of likely N-dealkylation sites (tertiary alicyclic amines) is 1. The smallest absolute Gasteiger partial charge is 0.410 e. The number of aromatic nitrogens is 3. The Labute approximate surface area is 175 Å². The number of nitrogens with zero attached hydrogens (tertiary/aromatic N) is 3. The Morgan fingerprint density at radius 1 is 0.967 bits per heavy atom. The topological polar surface area (TPSA) is 80.2 Å². The van der Waals surface area contributed by atoms with Crippen molar-refractivity contribution in [3.63, 3.8) is 0 Å². The molecule has 0 unspecified atom stereocenters. The van der Waals surface area contributed by atoms with Gasteiger partial charge in [-0.3, -0.25) is 4.98 Å². The van der Waals surface area contributed by atoms with Crippen LogP contribution < -0.4 is 5.69 Å². The van der Waals surface area contributed by atoms with Gasteiger partial charge in [0.05, 0.1) is 6.04 Å². The quantitative estimate of drug-likeness (QED) is 0.681. The van der Waals surface area contributed by atoms with Crippen LogP contribution in [0.3, 0.4) is 0 Å². The van der Waals surface area contributed by atoms with E-state index < -0.39 is 0 Å². The molecule has 4 rings (SSSR count). The SMILES string of the molecule is O=C(OCc1ccccc1)N1CCC(n2nc(CCc3ccccc3)[nH]c2=O)CC1. The van der Waals surface area contributed by atoms with Crippen LogP contribution in [0.2, 0.25) is 0 Å². The maximum absolute atomic E-state index is 12.4. The van der Waals surface area contributed by atoms with E-state index in [2.05, 4.69) is 22.2 Å². The Kier molecular flexibility index (Phi) is 6.27. The summed E-state index contributed by atoms with van der Waals surface area (Å²) in [5.41, 5.74) is 2.00. The van der Waals surface area contributed by atoms with E-state index in [4.69, 9.17) is 4.74 Å². The number of aromatic amines is 1. The number of H-pyrrole nitrogens is 1. The van der Waals surface area contributed by atoms with Crippen LogP contribution in [0.5, 0.6) is 0 Å². The van der Waals surface area contributed by atoms with Crippen LogP contribution >= 0.6 is 0 Å². The Morgan fingerprint density at radius 3 is 2.27 bits per heavy atom. The van der Waals surface area contributed by atoms with Crippen LogP contribution in [0.1, 0.15) is 35.8 Å². The zero-order valence-corrected chi connectivity index (χ0v) is 16.9. The summed E-state index contributed by atoms with van der Waals surface area (Å²) >= 11 is 0. The third kappa shape index (κ3) is 4.97. The lowest BCUT2D eigenvalue weighted by Gasteiger charge is -2.30. The average Bonchev–Trinajstić information content (AvgIpc) is 3.18. The van der Waals surface area contributed by atoms with Gasteiger partial charge in [-0.15, -0.1) is 0 Å². The van der Waals surface area contributed by atoms with Gasteiger partial charge in [0.1, 0.15) is 12.4 Å². The van der Waals surface area contributed by atoms with Crippen molar-refractivity contribution in [2.45, 2.75) is 38.3 Å². The molecule has 0 saturated carbocycles. The van der Waals surface area contributed by atoms with Gasteiger partial charge in [0.2, 0.25) is 0 Å². The van der Waals surface area contributed by atoms with Gasteiger partial charge in [-0.2, -0.15) is 5.10 Å². The molecule has 2 heterocycles. The summed E-state index contributed by atoms with van der Waals surface area (Å²) in [4.78, 5) is 29.3. The summed E-state index contributed by atoms with van der Waals surface area (Å²) in [6, 6.07) is 19.8. The Bertz CT molecular complexity index is 1010. The second-order valence-electron chi connectivity index (χ2n) is 7.57. The van der Waals surface area contributed by atoms with E-state index in [0.29, 0.717) is 38.2 Å². The number of rotatable bonds is 6. The van der Waals surface area contributed by atoms with Gasteiger partial charge in [-0.25, -0.2) is 14.3 Å². The molecule has 1 aliphatic heterocycles. The molecule has 3 aromatic rings. The zero-order valence-electron chi connectivity index (χ0n) is 16.9. The largest absolute Gasteiger partial charge is 0.445 e. The van der Waals surface area contributed by atoms with Crippen molar-refractivity contribution in [2.75, 3.05) is 13.1 Å². The fraction of sp³-hybridized carbons (Fsp3) is 0.348. The third-order valence-electron chi connectivity index (χ3n) is 5.45. The molecule has 7 heteroatoms. The molecule has 1 aromatic heterocycles. The van der Waals surface area contributed by atoms with E-state index >= 15 is 0 Å². The summed E-state index contributed by atoms with van der Waals surface area (Å²) in [6.45, 7) is 1.37. The highest BCUT2D eigenvalue weighted by atomic mass is 16.6. The van der Waals surface area contributed by atoms with Crippen molar-refractivity contribution in [1.29, 1.82) is 0 Å². The highest BCUT2D eigenvalue weighted by Crippen LogP contribution is 2.21. The number of ether oxygens (including phenoxy) is 1. The molecule has 0 aliphatic carbocycles. The first-order valence-corrected chi connectivity index (χ1v) is 10.4. The standard InChI is InChI=1S/C23H26N4O3/c28-22-24-21(12-11-18-7-3-1-4-8-18)25-27(22)20-13-15-26(16-14-20)23(29)30-17-19-9-5-2-6-10-19/h1-10,20H,11-17H2,(H,24,25,28). The number of aryl methyl sites for hydroxylation is 2. The predicted molar refractivity (Wildman–Crippen MR) is 113 cm³/mol. The minimum Gasteiger partial charge on any atom is -0.445 e. The van der Waals surface area contributed by atoms with Gasteiger partial charge in [0, 0.05) is 19.5 Å². The molecule has 2 aromatic carbocycles. The highest BCUT2D eigenvalue weighted by Gasteiger charge is 2.26. The van der Waals surface area contributed by atoms with Crippen LogP contribution in [-0.2, 0) is 24.2 Å². The van der Waals surface area contributed by atoms with Gasteiger partial charge >= 0.3 is 11.8 Å². The molecule has 1 fully saturated rings. The molecule has 0 radical (unpaired) electrons. The number of amides is 1. The molecular weight excluding hydrogens is 380 g/mol. The average molecular weight is 406 g/mol. The van der Waals surface area contributed by atoms with Crippen molar-refractivity contribution in [3.8, 4) is 0 Å². The highest BCUT2D eigenvalue weighted by molar-refractivity contribution is 5.67. The molecule has 0 spiro atoms. The fourth-order valence-corrected chi connectivity index (χ4v) is 3.75. The summed E-state index contributed by atoms with van der Waals surface area (Å²) < 4.78 is 6.96. The normalized spacial score (nSPS) is 14.6. The third-order valence-corrected chi connectivity index (χ3v) is 5.45. The number of benzene rings is 2. The molecular formula is C23H26N4O3. The van der Waals surface area contributed by atoms with E-state index in [9.17, 15) is 9.59 Å². The Morgan fingerprint density at radius 2 is 1.60 bits per heavy atom. The lowest BCUT2D eigenvalue weighted by Crippen LogP contribution is -2.41. The maximum atomic E-state index is 12.4. The van der Waals surface area contributed by atoms with Gasteiger partial charge in [0.15, 0.2) is 0 Å². The minimum atomic E-state index is -0.310. The molecule has 1 amide bonds. The number of nitrogens with one attached hydrogen (secondary N) is 1. The summed E-state index contributed by atoms with van der Waals surface area (Å²) in [7, 11) is 0. The summed E-state index contributed by atoms with van der Waals surface area (Å²) in [5, 5.41) is 4.51. The van der Waals surface area contributed by atoms with Crippen molar-refractivity contribution < 1.29 is 9.53 Å². The zero-order chi connectivity index (χ0) is 20.8.